The lowest BCUT2D eigenvalue weighted by Crippen LogP contribution is -2.39. The minimum atomic E-state index is -0.468. The van der Waals surface area contributed by atoms with Gasteiger partial charge in [0.05, 0.1) is 4.92 Å². The van der Waals surface area contributed by atoms with E-state index in [4.69, 9.17) is 0 Å². The van der Waals surface area contributed by atoms with Crippen molar-refractivity contribution in [3.8, 4) is 0 Å². The first-order valence-electron chi connectivity index (χ1n) is 5.98. The van der Waals surface area contributed by atoms with Crippen LogP contribution in [0, 0.1) is 23.0 Å². The van der Waals surface area contributed by atoms with E-state index in [1.807, 2.05) is 13.8 Å². The maximum Gasteiger partial charge on any atom is 0.273 e. The normalized spacial score (nSPS) is 12.3. The Bertz CT molecular complexity index is 489. The SMILES string of the molecule is Cc1ccc(C(=O)NC(CI)C(C)C)cc1[N+](=O)[O-]. The molecule has 0 saturated carbocycles. The Hall–Kier alpha value is -1.18. The molecule has 0 aliphatic heterocycles. The van der Waals surface area contributed by atoms with Gasteiger partial charge >= 0.3 is 0 Å². The molecule has 104 valence electrons. The molecule has 5 nitrogen and oxygen atoms in total. The Kier molecular flexibility index (Phi) is 5.71. The summed E-state index contributed by atoms with van der Waals surface area (Å²) in [6, 6.07) is 4.60. The van der Waals surface area contributed by atoms with Gasteiger partial charge in [-0.05, 0) is 18.9 Å². The third-order valence-corrected chi connectivity index (χ3v) is 3.90. The highest BCUT2D eigenvalue weighted by Gasteiger charge is 2.18. The van der Waals surface area contributed by atoms with E-state index in [9.17, 15) is 14.9 Å². The molecule has 0 bridgehead atoms. The van der Waals surface area contributed by atoms with Gasteiger partial charge in [-0.1, -0.05) is 42.5 Å². The van der Waals surface area contributed by atoms with Crippen LogP contribution in [0.5, 0.6) is 0 Å². The van der Waals surface area contributed by atoms with E-state index in [0.717, 1.165) is 4.43 Å². The molecule has 0 aliphatic carbocycles. The molecule has 0 radical (unpaired) electrons. The van der Waals surface area contributed by atoms with Crippen LogP contribution in [0.15, 0.2) is 18.2 Å². The predicted molar refractivity (Wildman–Crippen MR) is 82.8 cm³/mol. The smallest absolute Gasteiger partial charge is 0.273 e. The van der Waals surface area contributed by atoms with E-state index in [0.29, 0.717) is 17.0 Å². The fraction of sp³-hybridized carbons (Fsp3) is 0.462. The number of aryl methyl sites for hydroxylation is 1. The van der Waals surface area contributed by atoms with Crippen molar-refractivity contribution in [3.05, 3.63) is 39.4 Å². The second kappa shape index (κ2) is 6.83. The lowest BCUT2D eigenvalue weighted by molar-refractivity contribution is -0.385. The second-order valence-corrected chi connectivity index (χ2v) is 5.62. The average Bonchev–Trinajstić information content (AvgIpc) is 2.35. The third kappa shape index (κ3) is 4.15. The number of benzene rings is 1. The molecule has 6 heteroatoms. The number of rotatable bonds is 5. The fourth-order valence-electron chi connectivity index (χ4n) is 1.58. The first kappa shape index (κ1) is 15.9. The quantitative estimate of drug-likeness (QED) is 0.372. The van der Waals surface area contributed by atoms with Crippen molar-refractivity contribution in [2.75, 3.05) is 4.43 Å². The van der Waals surface area contributed by atoms with Crippen LogP contribution < -0.4 is 5.32 Å². The zero-order valence-electron chi connectivity index (χ0n) is 11.1. The van der Waals surface area contributed by atoms with Crippen LogP contribution in [0.1, 0.15) is 29.8 Å². The van der Waals surface area contributed by atoms with E-state index in [1.54, 1.807) is 19.1 Å². The van der Waals surface area contributed by atoms with Crippen molar-refractivity contribution in [1.82, 2.24) is 5.32 Å². The molecule has 0 fully saturated rings. The van der Waals surface area contributed by atoms with Crippen molar-refractivity contribution in [3.63, 3.8) is 0 Å². The number of hydrogen-bond donors (Lipinski definition) is 1. The molecule has 0 aliphatic rings. The van der Waals surface area contributed by atoms with E-state index in [-0.39, 0.29) is 17.6 Å². The highest BCUT2D eigenvalue weighted by atomic mass is 127. The third-order valence-electron chi connectivity index (χ3n) is 2.96. The van der Waals surface area contributed by atoms with Crippen molar-refractivity contribution < 1.29 is 9.72 Å². The molecule has 1 unspecified atom stereocenters. The number of nitrogens with one attached hydrogen (secondary N) is 1. The number of nitro benzene ring substituents is 1. The Morgan fingerprint density at radius 1 is 1.47 bits per heavy atom. The van der Waals surface area contributed by atoms with Crippen LogP contribution in [-0.2, 0) is 0 Å². The van der Waals surface area contributed by atoms with E-state index in [2.05, 4.69) is 27.9 Å². The summed E-state index contributed by atoms with van der Waals surface area (Å²) in [6.07, 6.45) is 0. The minimum absolute atomic E-state index is 0.0248. The van der Waals surface area contributed by atoms with Crippen molar-refractivity contribution in [1.29, 1.82) is 0 Å². The molecule has 1 amide bonds. The number of amides is 1. The number of nitro groups is 1. The number of alkyl halides is 1. The molecular formula is C13H17IN2O3. The van der Waals surface area contributed by atoms with Crippen LogP contribution in [0.3, 0.4) is 0 Å². The second-order valence-electron chi connectivity index (χ2n) is 4.74. The molecule has 0 aromatic heterocycles. The maximum atomic E-state index is 12.1. The van der Waals surface area contributed by atoms with Crippen LogP contribution in [-0.4, -0.2) is 21.3 Å². The van der Waals surface area contributed by atoms with Gasteiger partial charge in [0.15, 0.2) is 0 Å². The van der Waals surface area contributed by atoms with Crippen LogP contribution in [0.25, 0.3) is 0 Å². The van der Waals surface area contributed by atoms with E-state index >= 15 is 0 Å². The van der Waals surface area contributed by atoms with Gasteiger partial charge in [0, 0.05) is 27.7 Å². The number of hydrogen-bond acceptors (Lipinski definition) is 3. The van der Waals surface area contributed by atoms with Crippen LogP contribution in [0.4, 0.5) is 5.69 Å². The van der Waals surface area contributed by atoms with Crippen molar-refractivity contribution in [2.24, 2.45) is 5.92 Å². The summed E-state index contributed by atoms with van der Waals surface area (Å²) >= 11 is 2.22. The maximum absolute atomic E-state index is 12.1. The Balaban J connectivity index is 2.94. The molecule has 1 N–H and O–H groups in total. The number of carbonyl (C=O) groups is 1. The molecule has 1 atom stereocenters. The van der Waals surface area contributed by atoms with Gasteiger partial charge in [0.1, 0.15) is 0 Å². The lowest BCUT2D eigenvalue weighted by Gasteiger charge is -2.19. The summed E-state index contributed by atoms with van der Waals surface area (Å²) in [4.78, 5) is 22.5. The molecule has 1 aromatic carbocycles. The van der Waals surface area contributed by atoms with E-state index < -0.39 is 4.92 Å². The Morgan fingerprint density at radius 2 is 2.11 bits per heavy atom. The van der Waals surface area contributed by atoms with Gasteiger partial charge < -0.3 is 5.32 Å². The van der Waals surface area contributed by atoms with Gasteiger partial charge in [-0.25, -0.2) is 0 Å². The Morgan fingerprint density at radius 3 is 2.58 bits per heavy atom. The summed E-state index contributed by atoms with van der Waals surface area (Å²) in [6.45, 7) is 5.71. The highest BCUT2D eigenvalue weighted by Crippen LogP contribution is 2.19. The number of carbonyl (C=O) groups excluding carboxylic acids is 1. The molecular weight excluding hydrogens is 359 g/mol. The summed E-state index contributed by atoms with van der Waals surface area (Å²) in [7, 11) is 0. The number of halogens is 1. The van der Waals surface area contributed by atoms with Crippen LogP contribution >= 0.6 is 22.6 Å². The fourth-order valence-corrected chi connectivity index (χ4v) is 2.82. The lowest BCUT2D eigenvalue weighted by atomic mass is 10.1. The molecule has 19 heavy (non-hydrogen) atoms. The topological polar surface area (TPSA) is 72.2 Å². The summed E-state index contributed by atoms with van der Waals surface area (Å²) in [5.74, 6) is 0.0553. The average molecular weight is 376 g/mol. The molecule has 0 spiro atoms. The monoisotopic (exact) mass is 376 g/mol. The molecule has 0 heterocycles. The Labute approximate surface area is 126 Å². The first-order chi connectivity index (χ1) is 8.86. The largest absolute Gasteiger partial charge is 0.348 e. The van der Waals surface area contributed by atoms with Gasteiger partial charge in [-0.2, -0.15) is 0 Å². The zero-order chi connectivity index (χ0) is 14.6. The molecule has 1 rings (SSSR count). The van der Waals surface area contributed by atoms with E-state index in [1.165, 1.54) is 6.07 Å². The standard InChI is InChI=1S/C13H17IN2O3/c1-8(2)11(7-14)15-13(17)10-5-4-9(3)12(6-10)16(18)19/h4-6,8,11H,7H2,1-3H3,(H,15,17). The highest BCUT2D eigenvalue weighted by molar-refractivity contribution is 14.1. The summed E-state index contributed by atoms with van der Waals surface area (Å²) < 4.78 is 0.801. The predicted octanol–water partition coefficient (Wildman–Crippen LogP) is 3.09. The van der Waals surface area contributed by atoms with Crippen molar-refractivity contribution >= 4 is 34.2 Å². The summed E-state index contributed by atoms with van der Waals surface area (Å²) in [5, 5.41) is 13.8. The summed E-state index contributed by atoms with van der Waals surface area (Å²) in [5.41, 5.74) is 0.854. The van der Waals surface area contributed by atoms with Crippen molar-refractivity contribution in [2.45, 2.75) is 26.8 Å². The van der Waals surface area contributed by atoms with Gasteiger partial charge in [-0.3, -0.25) is 14.9 Å². The minimum Gasteiger partial charge on any atom is -0.348 e. The van der Waals surface area contributed by atoms with Gasteiger partial charge in [0.25, 0.3) is 11.6 Å². The van der Waals surface area contributed by atoms with Gasteiger partial charge in [-0.15, -0.1) is 0 Å². The first-order valence-corrected chi connectivity index (χ1v) is 7.51. The number of nitrogens with zero attached hydrogens (tertiary/aromatic N) is 1. The van der Waals surface area contributed by atoms with Crippen LogP contribution in [0.2, 0.25) is 0 Å². The van der Waals surface area contributed by atoms with Gasteiger partial charge in [0.2, 0.25) is 0 Å². The molecule has 0 saturated heterocycles. The zero-order valence-corrected chi connectivity index (χ0v) is 13.3. The molecule has 1 aromatic rings.